The Kier molecular flexibility index (Phi) is 3.62. The lowest BCUT2D eigenvalue weighted by Gasteiger charge is -2.35. The second-order valence-electron chi connectivity index (χ2n) is 7.62. The van der Waals surface area contributed by atoms with Gasteiger partial charge in [-0.2, -0.15) is 17.0 Å². The maximum atomic E-state index is 13.3. The van der Waals surface area contributed by atoms with E-state index in [1.807, 2.05) is 36.4 Å². The molecule has 3 aliphatic rings. The Bertz CT molecular complexity index is 1110. The third kappa shape index (κ3) is 2.15. The van der Waals surface area contributed by atoms with Gasteiger partial charge >= 0.3 is 6.03 Å². The number of urea groups is 1. The average Bonchev–Trinajstić information content (AvgIpc) is 3.33. The first-order valence-corrected chi connectivity index (χ1v) is 10.6. The van der Waals surface area contributed by atoms with E-state index in [0.717, 1.165) is 15.1 Å². The Morgan fingerprint density at radius 3 is 2.50 bits per heavy atom. The van der Waals surface area contributed by atoms with Crippen LogP contribution in [0.5, 0.6) is 0 Å². The van der Waals surface area contributed by atoms with Crippen molar-refractivity contribution in [3.63, 3.8) is 0 Å². The van der Waals surface area contributed by atoms with Crippen molar-refractivity contribution < 1.29 is 18.0 Å². The van der Waals surface area contributed by atoms with Crippen molar-refractivity contribution in [1.82, 2.24) is 13.5 Å². The molecule has 2 aromatic rings. The molecule has 2 bridgehead atoms. The van der Waals surface area contributed by atoms with Gasteiger partial charge in [0.15, 0.2) is 0 Å². The smallest absolute Gasteiger partial charge is 0.306 e. The third-order valence-corrected chi connectivity index (χ3v) is 7.92. The fourth-order valence-electron chi connectivity index (χ4n) is 4.72. The van der Waals surface area contributed by atoms with E-state index in [9.17, 15) is 18.0 Å². The fraction of sp³-hybridized carbons (Fsp3) is 0.368. The van der Waals surface area contributed by atoms with Crippen molar-refractivity contribution in [2.75, 3.05) is 25.5 Å². The highest BCUT2D eigenvalue weighted by molar-refractivity contribution is 7.86. The normalized spacial score (nSPS) is 27.5. The summed E-state index contributed by atoms with van der Waals surface area (Å²) in [6.07, 6.45) is 0.499. The van der Waals surface area contributed by atoms with Gasteiger partial charge in [-0.1, -0.05) is 36.4 Å². The van der Waals surface area contributed by atoms with Crippen molar-refractivity contribution in [2.45, 2.75) is 24.5 Å². The van der Waals surface area contributed by atoms with Crippen LogP contribution in [-0.2, 0) is 15.0 Å². The zero-order valence-corrected chi connectivity index (χ0v) is 16.3. The summed E-state index contributed by atoms with van der Waals surface area (Å²) in [5, 5.41) is 1.76. The molecule has 0 aliphatic carbocycles. The molecule has 3 saturated heterocycles. The van der Waals surface area contributed by atoms with E-state index in [0.29, 0.717) is 12.1 Å². The molecule has 0 N–H and O–H groups in total. The molecular formula is C19H20N4O4S. The van der Waals surface area contributed by atoms with Crippen molar-refractivity contribution >= 4 is 38.6 Å². The maximum absolute atomic E-state index is 13.3. The van der Waals surface area contributed by atoms with Gasteiger partial charge in [0.05, 0.1) is 11.7 Å². The molecule has 0 spiro atoms. The van der Waals surface area contributed by atoms with Crippen LogP contribution in [0.3, 0.4) is 0 Å². The standard InChI is InChI=1S/C19H20N4O4S/c1-20(2)28(26,27)21-11-13-10-16(21)17-18(24)23(19(25)22(13)17)15-9-5-7-12-6-3-4-8-14(12)15/h3-9,13,16-17H,10-11H2,1-2H3. The van der Waals surface area contributed by atoms with Gasteiger partial charge in [0.25, 0.3) is 16.1 Å². The van der Waals surface area contributed by atoms with E-state index in [4.69, 9.17) is 0 Å². The van der Waals surface area contributed by atoms with Gasteiger partial charge in [-0.25, -0.2) is 9.69 Å². The lowest BCUT2D eigenvalue weighted by Crippen LogP contribution is -2.56. The number of imide groups is 1. The highest BCUT2D eigenvalue weighted by atomic mass is 32.2. The van der Waals surface area contributed by atoms with Crippen LogP contribution in [0.1, 0.15) is 6.42 Å². The van der Waals surface area contributed by atoms with Crippen molar-refractivity contribution in [3.05, 3.63) is 42.5 Å². The summed E-state index contributed by atoms with van der Waals surface area (Å²) in [6.45, 7) is 0.226. The second-order valence-corrected chi connectivity index (χ2v) is 9.72. The molecule has 0 saturated carbocycles. The summed E-state index contributed by atoms with van der Waals surface area (Å²) >= 11 is 0. The molecule has 3 unspecified atom stereocenters. The van der Waals surface area contributed by atoms with Gasteiger partial charge in [0.2, 0.25) is 0 Å². The summed E-state index contributed by atoms with van der Waals surface area (Å²) in [6, 6.07) is 11.2. The molecule has 0 radical (unpaired) electrons. The lowest BCUT2D eigenvalue weighted by molar-refractivity contribution is -0.120. The number of hydrogen-bond donors (Lipinski definition) is 0. The minimum atomic E-state index is -3.65. The minimum absolute atomic E-state index is 0.226. The first-order valence-electron chi connectivity index (χ1n) is 9.15. The van der Waals surface area contributed by atoms with Crippen LogP contribution in [0.4, 0.5) is 10.5 Å². The van der Waals surface area contributed by atoms with Gasteiger partial charge in [-0.15, -0.1) is 0 Å². The highest BCUT2D eigenvalue weighted by Crippen LogP contribution is 2.44. The average molecular weight is 400 g/mol. The number of carbonyl (C=O) groups is 2. The molecule has 2 aromatic carbocycles. The molecule has 3 fully saturated rings. The highest BCUT2D eigenvalue weighted by Gasteiger charge is 2.64. The zero-order valence-electron chi connectivity index (χ0n) is 15.5. The Morgan fingerprint density at radius 1 is 1.04 bits per heavy atom. The predicted octanol–water partition coefficient (Wildman–Crippen LogP) is 1.24. The van der Waals surface area contributed by atoms with Gasteiger partial charge in [-0.3, -0.25) is 4.79 Å². The quantitative estimate of drug-likeness (QED) is 0.726. The number of benzene rings is 2. The molecule has 3 aliphatic heterocycles. The summed E-state index contributed by atoms with van der Waals surface area (Å²) in [4.78, 5) is 29.3. The zero-order chi connectivity index (χ0) is 19.8. The van der Waals surface area contributed by atoms with Crippen LogP contribution in [0, 0.1) is 0 Å². The number of carbonyl (C=O) groups excluding carboxylic acids is 2. The number of rotatable bonds is 3. The summed E-state index contributed by atoms with van der Waals surface area (Å²) < 4.78 is 27.8. The molecule has 0 aromatic heterocycles. The number of amides is 3. The topological polar surface area (TPSA) is 81.2 Å². The fourth-order valence-corrected chi connectivity index (χ4v) is 6.04. The van der Waals surface area contributed by atoms with Gasteiger partial charge in [0, 0.05) is 32.1 Å². The van der Waals surface area contributed by atoms with Gasteiger partial charge in [0.1, 0.15) is 6.04 Å². The predicted molar refractivity (Wildman–Crippen MR) is 104 cm³/mol. The van der Waals surface area contributed by atoms with E-state index in [1.165, 1.54) is 23.3 Å². The molecule has 8 nitrogen and oxygen atoms in total. The molecular weight excluding hydrogens is 380 g/mol. The van der Waals surface area contributed by atoms with E-state index in [2.05, 4.69) is 0 Å². The summed E-state index contributed by atoms with van der Waals surface area (Å²) in [7, 11) is -0.695. The summed E-state index contributed by atoms with van der Waals surface area (Å²) in [5.41, 5.74) is 0.545. The van der Waals surface area contributed by atoms with Crippen molar-refractivity contribution in [1.29, 1.82) is 0 Å². The van der Waals surface area contributed by atoms with Crippen LogP contribution in [0.15, 0.2) is 42.5 Å². The van der Waals surface area contributed by atoms with Gasteiger partial charge in [-0.05, 0) is 17.9 Å². The Labute approximate surface area is 163 Å². The Morgan fingerprint density at radius 2 is 1.75 bits per heavy atom. The molecule has 3 atom stereocenters. The maximum Gasteiger partial charge on any atom is 0.332 e. The lowest BCUT2D eigenvalue weighted by atomic mass is 10.1. The van der Waals surface area contributed by atoms with Crippen LogP contribution >= 0.6 is 0 Å². The van der Waals surface area contributed by atoms with E-state index in [-0.39, 0.29) is 24.5 Å². The van der Waals surface area contributed by atoms with E-state index >= 15 is 0 Å². The first kappa shape index (κ1) is 17.6. The largest absolute Gasteiger partial charge is 0.332 e. The minimum Gasteiger partial charge on any atom is -0.306 e. The van der Waals surface area contributed by atoms with Crippen LogP contribution in [-0.4, -0.2) is 72.6 Å². The number of nitrogens with zero attached hydrogens (tertiary/aromatic N) is 4. The number of piperazine rings is 1. The first-order chi connectivity index (χ1) is 13.3. The van der Waals surface area contributed by atoms with Crippen LogP contribution < -0.4 is 4.90 Å². The SMILES string of the molecule is CN(C)S(=O)(=O)N1CC2CC1C1C(=O)N(c3cccc4ccccc34)C(=O)N21. The second kappa shape index (κ2) is 5.76. The Balaban J connectivity index is 1.56. The third-order valence-electron chi connectivity index (χ3n) is 5.98. The number of anilines is 1. The molecule has 9 heteroatoms. The van der Waals surface area contributed by atoms with Crippen LogP contribution in [0.25, 0.3) is 10.8 Å². The van der Waals surface area contributed by atoms with Crippen LogP contribution in [0.2, 0.25) is 0 Å². The van der Waals surface area contributed by atoms with Crippen molar-refractivity contribution in [2.24, 2.45) is 0 Å². The van der Waals surface area contributed by atoms with E-state index < -0.39 is 22.3 Å². The number of hydrogen-bond acceptors (Lipinski definition) is 4. The molecule has 28 heavy (non-hydrogen) atoms. The van der Waals surface area contributed by atoms with Gasteiger partial charge < -0.3 is 4.90 Å². The number of fused-ring (bicyclic) bond motifs is 6. The monoisotopic (exact) mass is 400 g/mol. The molecule has 3 heterocycles. The molecule has 5 rings (SSSR count). The van der Waals surface area contributed by atoms with Crippen molar-refractivity contribution in [3.8, 4) is 0 Å². The molecule has 146 valence electrons. The Hall–Kier alpha value is -2.49. The molecule has 3 amide bonds. The summed E-state index contributed by atoms with van der Waals surface area (Å²) in [5.74, 6) is -0.354. The van der Waals surface area contributed by atoms with E-state index in [1.54, 1.807) is 11.0 Å².